The number of benzene rings is 1. The van der Waals surface area contributed by atoms with E-state index in [0.717, 1.165) is 17.5 Å². The maximum Gasteiger partial charge on any atom is 0.323 e. The van der Waals surface area contributed by atoms with E-state index < -0.39 is 5.97 Å². The molecule has 0 bridgehead atoms. The highest BCUT2D eigenvalue weighted by Gasteiger charge is 2.30. The van der Waals surface area contributed by atoms with E-state index >= 15 is 0 Å². The second-order valence-corrected chi connectivity index (χ2v) is 5.19. The Hall–Kier alpha value is -2.04. The van der Waals surface area contributed by atoms with Crippen molar-refractivity contribution in [3.05, 3.63) is 35.4 Å². The van der Waals surface area contributed by atoms with Gasteiger partial charge in [-0.15, -0.1) is 0 Å². The molecular weight excluding hydrogens is 256 g/mol. The minimum Gasteiger partial charge on any atom is -0.480 e. The van der Waals surface area contributed by atoms with Crippen LogP contribution in [0.2, 0.25) is 0 Å². The molecule has 0 aliphatic carbocycles. The lowest BCUT2D eigenvalue weighted by molar-refractivity contribution is -0.138. The fourth-order valence-corrected chi connectivity index (χ4v) is 2.43. The number of fused-ring (bicyclic) bond motifs is 1. The highest BCUT2D eigenvalue weighted by atomic mass is 16.4. The summed E-state index contributed by atoms with van der Waals surface area (Å²) in [5.74, 6) is -0.977. The van der Waals surface area contributed by atoms with Crippen molar-refractivity contribution in [3.63, 3.8) is 0 Å². The Labute approximate surface area is 118 Å². The molecule has 1 N–H and O–H groups in total. The van der Waals surface area contributed by atoms with Crippen LogP contribution >= 0.6 is 0 Å². The van der Waals surface area contributed by atoms with Gasteiger partial charge in [0.1, 0.15) is 6.54 Å². The van der Waals surface area contributed by atoms with E-state index in [4.69, 9.17) is 5.11 Å². The molecule has 2 amide bonds. The summed E-state index contributed by atoms with van der Waals surface area (Å²) in [6, 6.07) is 7.65. The molecule has 0 fully saturated rings. The Morgan fingerprint density at radius 3 is 2.30 bits per heavy atom. The molecule has 1 unspecified atom stereocenters. The van der Waals surface area contributed by atoms with Crippen LogP contribution in [-0.4, -0.2) is 39.5 Å². The first-order valence-corrected chi connectivity index (χ1v) is 6.87. The Kier molecular flexibility index (Phi) is 4.27. The van der Waals surface area contributed by atoms with Crippen molar-refractivity contribution in [2.45, 2.75) is 39.4 Å². The van der Waals surface area contributed by atoms with Crippen LogP contribution in [0.15, 0.2) is 24.3 Å². The van der Waals surface area contributed by atoms with Gasteiger partial charge >= 0.3 is 12.0 Å². The maximum absolute atomic E-state index is 12.5. The van der Waals surface area contributed by atoms with Gasteiger partial charge in [0.05, 0.1) is 0 Å². The third-order valence-electron chi connectivity index (χ3n) is 3.79. The zero-order chi connectivity index (χ0) is 14.7. The highest BCUT2D eigenvalue weighted by Crippen LogP contribution is 2.24. The minimum atomic E-state index is -0.977. The molecule has 0 saturated heterocycles. The van der Waals surface area contributed by atoms with Crippen LogP contribution < -0.4 is 0 Å². The highest BCUT2D eigenvalue weighted by molar-refractivity contribution is 5.81. The van der Waals surface area contributed by atoms with Crippen molar-refractivity contribution < 1.29 is 14.7 Å². The lowest BCUT2D eigenvalue weighted by Crippen LogP contribution is -2.47. The van der Waals surface area contributed by atoms with Gasteiger partial charge in [0.15, 0.2) is 0 Å². The summed E-state index contributed by atoms with van der Waals surface area (Å²) in [4.78, 5) is 26.6. The molecule has 2 rings (SSSR count). The lowest BCUT2D eigenvalue weighted by Gasteiger charge is -2.31. The maximum atomic E-state index is 12.5. The molecule has 1 heterocycles. The quantitative estimate of drug-likeness (QED) is 0.918. The largest absolute Gasteiger partial charge is 0.480 e. The number of amides is 2. The van der Waals surface area contributed by atoms with Crippen molar-refractivity contribution in [2.24, 2.45) is 0 Å². The molecule has 108 valence electrons. The van der Waals surface area contributed by atoms with Crippen molar-refractivity contribution in [2.75, 3.05) is 6.54 Å². The molecule has 1 aromatic rings. The third-order valence-corrected chi connectivity index (χ3v) is 3.79. The first kappa shape index (κ1) is 14.4. The van der Waals surface area contributed by atoms with Gasteiger partial charge in [-0.25, -0.2) is 4.79 Å². The predicted octanol–water partition coefficient (Wildman–Crippen LogP) is 2.31. The van der Waals surface area contributed by atoms with Crippen molar-refractivity contribution in [3.8, 4) is 0 Å². The fraction of sp³-hybridized carbons (Fsp3) is 0.467. The average molecular weight is 276 g/mol. The molecular formula is C15H20N2O3. The van der Waals surface area contributed by atoms with Crippen LogP contribution in [0.5, 0.6) is 0 Å². The molecule has 1 aliphatic rings. The van der Waals surface area contributed by atoms with E-state index in [1.807, 2.05) is 38.1 Å². The molecule has 1 aromatic carbocycles. The molecule has 20 heavy (non-hydrogen) atoms. The number of carboxylic acids is 1. The van der Waals surface area contributed by atoms with Gasteiger partial charge in [-0.3, -0.25) is 4.79 Å². The van der Waals surface area contributed by atoms with E-state index in [0.29, 0.717) is 13.1 Å². The van der Waals surface area contributed by atoms with Crippen LogP contribution in [0.4, 0.5) is 4.79 Å². The summed E-state index contributed by atoms with van der Waals surface area (Å²) in [6.07, 6.45) is 0.736. The van der Waals surface area contributed by atoms with Crippen LogP contribution in [0.25, 0.3) is 0 Å². The fourth-order valence-electron chi connectivity index (χ4n) is 2.43. The minimum absolute atomic E-state index is 0.0812. The second kappa shape index (κ2) is 5.94. The zero-order valence-electron chi connectivity index (χ0n) is 11.9. The molecule has 1 aliphatic heterocycles. The van der Waals surface area contributed by atoms with Gasteiger partial charge < -0.3 is 14.9 Å². The van der Waals surface area contributed by atoms with Gasteiger partial charge in [0, 0.05) is 19.1 Å². The topological polar surface area (TPSA) is 60.9 Å². The molecule has 0 radical (unpaired) electrons. The van der Waals surface area contributed by atoms with Crippen LogP contribution in [0.3, 0.4) is 0 Å². The summed E-state index contributed by atoms with van der Waals surface area (Å²) >= 11 is 0. The smallest absolute Gasteiger partial charge is 0.323 e. The van der Waals surface area contributed by atoms with Crippen molar-refractivity contribution >= 4 is 12.0 Å². The molecule has 0 saturated carbocycles. The lowest BCUT2D eigenvalue weighted by atomic mass is 10.1. The van der Waals surface area contributed by atoms with E-state index in [1.54, 1.807) is 4.90 Å². The Morgan fingerprint density at radius 1 is 1.30 bits per heavy atom. The monoisotopic (exact) mass is 276 g/mol. The second-order valence-electron chi connectivity index (χ2n) is 5.19. The molecule has 1 atom stereocenters. The van der Waals surface area contributed by atoms with Gasteiger partial charge in [-0.05, 0) is 24.5 Å². The van der Waals surface area contributed by atoms with E-state index in [1.165, 1.54) is 4.90 Å². The first-order chi connectivity index (χ1) is 9.52. The zero-order valence-corrected chi connectivity index (χ0v) is 11.9. The Morgan fingerprint density at radius 2 is 1.85 bits per heavy atom. The number of carbonyl (C=O) groups is 2. The molecule has 0 aromatic heterocycles. The Bertz CT molecular complexity index is 491. The normalized spacial score (nSPS) is 14.8. The van der Waals surface area contributed by atoms with Crippen molar-refractivity contribution in [1.82, 2.24) is 9.80 Å². The number of urea groups is 1. The summed E-state index contributed by atoms with van der Waals surface area (Å²) in [5, 5.41) is 8.98. The molecule has 5 heteroatoms. The van der Waals surface area contributed by atoms with Gasteiger partial charge in [-0.1, -0.05) is 31.2 Å². The number of carbonyl (C=O) groups excluding carboxylic acids is 1. The molecule has 0 spiro atoms. The van der Waals surface area contributed by atoms with Crippen LogP contribution in [0.1, 0.15) is 31.4 Å². The Balaban J connectivity index is 2.12. The van der Waals surface area contributed by atoms with Crippen LogP contribution in [-0.2, 0) is 17.9 Å². The van der Waals surface area contributed by atoms with E-state index in [2.05, 4.69) is 0 Å². The number of aliphatic carboxylic acids is 1. The number of carboxylic acid groups (broad SMARTS) is 1. The summed E-state index contributed by atoms with van der Waals surface area (Å²) in [7, 11) is 0. The predicted molar refractivity (Wildman–Crippen MR) is 75.2 cm³/mol. The standard InChI is InChI=1S/C15H20N2O3/c1-3-11(2)17(10-14(18)19)15(20)16-8-12-6-4-5-7-13(12)9-16/h4-7,11H,3,8-10H2,1-2H3,(H,18,19). The SMILES string of the molecule is CCC(C)N(CC(=O)O)C(=O)N1Cc2ccccc2C1. The van der Waals surface area contributed by atoms with E-state index in [-0.39, 0.29) is 18.6 Å². The average Bonchev–Trinajstić information content (AvgIpc) is 2.86. The number of nitrogens with zero attached hydrogens (tertiary/aromatic N) is 2. The van der Waals surface area contributed by atoms with Gasteiger partial charge in [0.25, 0.3) is 0 Å². The summed E-state index contributed by atoms with van der Waals surface area (Å²) in [6.45, 7) is 4.69. The number of hydrogen-bond acceptors (Lipinski definition) is 2. The molecule has 5 nitrogen and oxygen atoms in total. The van der Waals surface area contributed by atoms with E-state index in [9.17, 15) is 9.59 Å². The number of hydrogen-bond donors (Lipinski definition) is 1. The van der Waals surface area contributed by atoms with Gasteiger partial charge in [0.2, 0.25) is 0 Å². The van der Waals surface area contributed by atoms with Gasteiger partial charge in [-0.2, -0.15) is 0 Å². The number of rotatable bonds is 4. The first-order valence-electron chi connectivity index (χ1n) is 6.87. The summed E-state index contributed by atoms with van der Waals surface area (Å²) in [5.41, 5.74) is 2.28. The summed E-state index contributed by atoms with van der Waals surface area (Å²) < 4.78 is 0. The van der Waals surface area contributed by atoms with Crippen molar-refractivity contribution in [1.29, 1.82) is 0 Å². The third kappa shape index (κ3) is 2.92. The van der Waals surface area contributed by atoms with Crippen LogP contribution in [0, 0.1) is 0 Å².